The van der Waals surface area contributed by atoms with Gasteiger partial charge in [0.15, 0.2) is 0 Å². The summed E-state index contributed by atoms with van der Waals surface area (Å²) in [5.74, 6) is 0.169. The molecule has 0 atom stereocenters. The number of nitrogens with one attached hydrogen (secondary N) is 1. The van der Waals surface area contributed by atoms with Crippen molar-refractivity contribution in [3.05, 3.63) is 26.8 Å². The largest absolute Gasteiger partial charge is 0.325 e. The van der Waals surface area contributed by atoms with Gasteiger partial charge in [-0.15, -0.1) is 0 Å². The first-order valence-electron chi connectivity index (χ1n) is 6.34. The summed E-state index contributed by atoms with van der Waals surface area (Å²) < 4.78 is 0.984. The van der Waals surface area contributed by atoms with Crippen molar-refractivity contribution >= 4 is 45.8 Å². The molecule has 0 unspecified atom stereocenters. The van der Waals surface area contributed by atoms with Gasteiger partial charge in [0.05, 0.1) is 5.69 Å². The summed E-state index contributed by atoms with van der Waals surface area (Å²) >= 11 is 8.12. The van der Waals surface area contributed by atoms with Crippen LogP contribution >= 0.6 is 34.2 Å². The highest BCUT2D eigenvalue weighted by Crippen LogP contribution is 2.42. The van der Waals surface area contributed by atoms with Crippen molar-refractivity contribution in [2.45, 2.75) is 39.0 Å². The molecule has 0 spiro atoms. The molecule has 4 heteroatoms. The van der Waals surface area contributed by atoms with Gasteiger partial charge in [0.2, 0.25) is 5.91 Å². The summed E-state index contributed by atoms with van der Waals surface area (Å²) in [5, 5.41) is 3.76. The summed E-state index contributed by atoms with van der Waals surface area (Å²) in [4.78, 5) is 12.5. The molecule has 0 aromatic heterocycles. The van der Waals surface area contributed by atoms with E-state index in [0.29, 0.717) is 5.02 Å². The van der Waals surface area contributed by atoms with E-state index in [2.05, 4.69) is 34.8 Å². The number of carbonyl (C=O) groups is 1. The second-order valence-corrected chi connectivity index (χ2v) is 6.52. The van der Waals surface area contributed by atoms with Gasteiger partial charge in [0.1, 0.15) is 0 Å². The van der Waals surface area contributed by atoms with Gasteiger partial charge >= 0.3 is 0 Å². The molecule has 0 bridgehead atoms. The zero-order valence-electron chi connectivity index (χ0n) is 10.4. The Kier molecular flexibility index (Phi) is 4.54. The highest BCUT2D eigenvalue weighted by Gasteiger charge is 2.39. The van der Waals surface area contributed by atoms with E-state index in [1.807, 2.05) is 18.2 Å². The van der Waals surface area contributed by atoms with Crippen LogP contribution in [0.1, 0.15) is 39.0 Å². The fraction of sp³-hybridized carbons (Fsp3) is 0.500. The SMILES string of the molecule is CCC1(C(=O)Nc2ccc(Cl)cc2I)CCCC1. The lowest BCUT2D eigenvalue weighted by Gasteiger charge is -2.26. The summed E-state index contributed by atoms with van der Waals surface area (Å²) in [7, 11) is 0. The molecule has 0 radical (unpaired) electrons. The lowest BCUT2D eigenvalue weighted by atomic mass is 9.82. The first kappa shape index (κ1) is 14.1. The molecular formula is C14H17ClINO. The molecule has 0 saturated heterocycles. The standard InChI is InChI=1S/C14H17ClINO/c1-2-14(7-3-4-8-14)13(18)17-12-6-5-10(15)9-11(12)16/h5-6,9H,2-4,7-8H2,1H3,(H,17,18). The summed E-state index contributed by atoms with van der Waals surface area (Å²) in [6, 6.07) is 5.55. The maximum absolute atomic E-state index is 12.5. The molecule has 0 heterocycles. The van der Waals surface area contributed by atoms with Crippen LogP contribution in [-0.4, -0.2) is 5.91 Å². The quantitative estimate of drug-likeness (QED) is 0.749. The van der Waals surface area contributed by atoms with Crippen LogP contribution in [0.5, 0.6) is 0 Å². The molecule has 0 aliphatic heterocycles. The molecule has 1 saturated carbocycles. The average molecular weight is 378 g/mol. The van der Waals surface area contributed by atoms with Crippen molar-refractivity contribution in [1.82, 2.24) is 0 Å². The monoisotopic (exact) mass is 377 g/mol. The van der Waals surface area contributed by atoms with Gasteiger partial charge in [0, 0.05) is 14.0 Å². The van der Waals surface area contributed by atoms with Gasteiger partial charge in [-0.3, -0.25) is 4.79 Å². The second-order valence-electron chi connectivity index (χ2n) is 4.92. The van der Waals surface area contributed by atoms with E-state index < -0.39 is 0 Å². The van der Waals surface area contributed by atoms with E-state index in [9.17, 15) is 4.79 Å². The second kappa shape index (κ2) is 5.78. The molecule has 98 valence electrons. The van der Waals surface area contributed by atoms with Crippen molar-refractivity contribution < 1.29 is 4.79 Å². The minimum atomic E-state index is -0.150. The number of carbonyl (C=O) groups excluding carboxylic acids is 1. The van der Waals surface area contributed by atoms with Crippen molar-refractivity contribution in [1.29, 1.82) is 0 Å². The molecule has 1 aliphatic rings. The third-order valence-electron chi connectivity index (χ3n) is 3.90. The predicted molar refractivity (Wildman–Crippen MR) is 84.0 cm³/mol. The van der Waals surface area contributed by atoms with Gasteiger partial charge in [-0.25, -0.2) is 0 Å². The number of rotatable bonds is 3. The Labute approximate surface area is 127 Å². The molecule has 1 fully saturated rings. The first-order valence-corrected chi connectivity index (χ1v) is 7.79. The summed E-state index contributed by atoms with van der Waals surface area (Å²) in [6.45, 7) is 2.11. The van der Waals surface area contributed by atoms with Crippen LogP contribution in [0, 0.1) is 8.99 Å². The van der Waals surface area contributed by atoms with Crippen molar-refractivity contribution in [2.24, 2.45) is 5.41 Å². The Bertz CT molecular complexity index is 455. The fourth-order valence-electron chi connectivity index (χ4n) is 2.64. The van der Waals surface area contributed by atoms with Crippen molar-refractivity contribution in [2.75, 3.05) is 5.32 Å². The fourth-order valence-corrected chi connectivity index (χ4v) is 3.65. The molecule has 2 rings (SSSR count). The topological polar surface area (TPSA) is 29.1 Å². The molecule has 18 heavy (non-hydrogen) atoms. The molecule has 1 aliphatic carbocycles. The Hall–Kier alpha value is -0.290. The van der Waals surface area contributed by atoms with E-state index in [4.69, 9.17) is 11.6 Å². The van der Waals surface area contributed by atoms with Gasteiger partial charge < -0.3 is 5.32 Å². The lowest BCUT2D eigenvalue weighted by Crippen LogP contribution is -2.33. The number of amides is 1. The van der Waals surface area contributed by atoms with E-state index in [1.165, 1.54) is 12.8 Å². The Balaban J connectivity index is 2.15. The van der Waals surface area contributed by atoms with Crippen LogP contribution in [0.2, 0.25) is 5.02 Å². The van der Waals surface area contributed by atoms with Crippen LogP contribution in [-0.2, 0) is 4.79 Å². The van der Waals surface area contributed by atoms with Gasteiger partial charge in [-0.05, 0) is 60.1 Å². The minimum Gasteiger partial charge on any atom is -0.325 e. The van der Waals surface area contributed by atoms with Gasteiger partial charge in [-0.1, -0.05) is 31.4 Å². The molecule has 1 aromatic rings. The van der Waals surface area contributed by atoms with E-state index in [1.54, 1.807) is 0 Å². The molecular weight excluding hydrogens is 361 g/mol. The number of halogens is 2. The lowest BCUT2D eigenvalue weighted by molar-refractivity contribution is -0.125. The Morgan fingerprint density at radius 1 is 1.44 bits per heavy atom. The first-order chi connectivity index (χ1) is 8.57. The molecule has 1 aromatic carbocycles. The van der Waals surface area contributed by atoms with Crippen LogP contribution in [0.15, 0.2) is 18.2 Å². The van der Waals surface area contributed by atoms with E-state index in [-0.39, 0.29) is 11.3 Å². The highest BCUT2D eigenvalue weighted by molar-refractivity contribution is 14.1. The number of anilines is 1. The minimum absolute atomic E-state index is 0.150. The molecule has 2 nitrogen and oxygen atoms in total. The smallest absolute Gasteiger partial charge is 0.230 e. The maximum Gasteiger partial charge on any atom is 0.230 e. The van der Waals surface area contributed by atoms with Gasteiger partial charge in [-0.2, -0.15) is 0 Å². The van der Waals surface area contributed by atoms with Crippen LogP contribution in [0.4, 0.5) is 5.69 Å². The third-order valence-corrected chi connectivity index (χ3v) is 5.03. The Morgan fingerprint density at radius 2 is 2.11 bits per heavy atom. The summed E-state index contributed by atoms with van der Waals surface area (Å²) in [5.41, 5.74) is 0.715. The predicted octanol–water partition coefficient (Wildman–Crippen LogP) is 4.85. The maximum atomic E-state index is 12.5. The number of hydrogen-bond acceptors (Lipinski definition) is 1. The number of benzene rings is 1. The summed E-state index contributed by atoms with van der Waals surface area (Å²) in [6.07, 6.45) is 5.28. The Morgan fingerprint density at radius 3 is 2.67 bits per heavy atom. The zero-order valence-corrected chi connectivity index (χ0v) is 13.3. The third kappa shape index (κ3) is 2.82. The van der Waals surface area contributed by atoms with Crippen LogP contribution < -0.4 is 5.32 Å². The van der Waals surface area contributed by atoms with Crippen LogP contribution in [0.3, 0.4) is 0 Å². The molecule has 1 amide bonds. The van der Waals surface area contributed by atoms with Gasteiger partial charge in [0.25, 0.3) is 0 Å². The normalized spacial score (nSPS) is 17.7. The highest BCUT2D eigenvalue weighted by atomic mass is 127. The van der Waals surface area contributed by atoms with Crippen molar-refractivity contribution in [3.63, 3.8) is 0 Å². The van der Waals surface area contributed by atoms with E-state index >= 15 is 0 Å². The average Bonchev–Trinajstić information content (AvgIpc) is 2.82. The zero-order chi connectivity index (χ0) is 13.2. The van der Waals surface area contributed by atoms with Crippen LogP contribution in [0.25, 0.3) is 0 Å². The number of hydrogen-bond donors (Lipinski definition) is 1. The van der Waals surface area contributed by atoms with E-state index in [0.717, 1.165) is 28.5 Å². The molecule has 1 N–H and O–H groups in total. The van der Waals surface area contributed by atoms with Crippen molar-refractivity contribution in [3.8, 4) is 0 Å².